The number of nitrogens with zero attached hydrogens (tertiary/aromatic N) is 2. The van der Waals surface area contributed by atoms with E-state index in [-0.39, 0.29) is 6.79 Å². The molecule has 6 heteroatoms. The zero-order valence-corrected chi connectivity index (χ0v) is 12.1. The minimum absolute atomic E-state index is 0.285. The van der Waals surface area contributed by atoms with Crippen LogP contribution in [0.5, 0.6) is 11.5 Å². The Morgan fingerprint density at radius 3 is 3.10 bits per heavy atom. The largest absolute Gasteiger partial charge is 0.454 e. The van der Waals surface area contributed by atoms with Gasteiger partial charge in [0.15, 0.2) is 22.7 Å². The highest BCUT2D eigenvalue weighted by Gasteiger charge is 2.16. The van der Waals surface area contributed by atoms with Gasteiger partial charge in [0, 0.05) is 17.0 Å². The molecule has 0 saturated heterocycles. The second-order valence-electron chi connectivity index (χ2n) is 4.89. The first-order chi connectivity index (χ1) is 10.3. The molecule has 0 bridgehead atoms. The standard InChI is InChI=1S/C15H12N2O3S/c1-9-14(21-15-16-6-11(7-18)17(9)15)5-10-2-3-12-13(4-10)20-8-19-12/h2-4,6-7H,5,8H2,1H3. The van der Waals surface area contributed by atoms with Crippen molar-refractivity contribution in [1.82, 2.24) is 9.38 Å². The Balaban J connectivity index is 1.72. The van der Waals surface area contributed by atoms with Crippen LogP contribution >= 0.6 is 11.3 Å². The van der Waals surface area contributed by atoms with Gasteiger partial charge in [-0.1, -0.05) is 6.07 Å². The van der Waals surface area contributed by atoms with Gasteiger partial charge >= 0.3 is 0 Å². The highest BCUT2D eigenvalue weighted by molar-refractivity contribution is 7.17. The van der Waals surface area contributed by atoms with E-state index in [0.29, 0.717) is 5.69 Å². The predicted octanol–water partition coefficient (Wildman–Crippen LogP) is 2.84. The molecule has 106 valence electrons. The van der Waals surface area contributed by atoms with Crippen LogP contribution in [0.4, 0.5) is 0 Å². The predicted molar refractivity (Wildman–Crippen MR) is 78.6 cm³/mol. The average molecular weight is 300 g/mol. The molecule has 5 nitrogen and oxygen atoms in total. The molecule has 1 aliphatic rings. The summed E-state index contributed by atoms with van der Waals surface area (Å²) in [5.74, 6) is 1.58. The highest BCUT2D eigenvalue weighted by Crippen LogP contribution is 2.34. The zero-order chi connectivity index (χ0) is 14.4. The van der Waals surface area contributed by atoms with Crippen LogP contribution in [0.25, 0.3) is 4.96 Å². The first-order valence-corrected chi connectivity index (χ1v) is 7.37. The van der Waals surface area contributed by atoms with Crippen LogP contribution in [-0.4, -0.2) is 22.5 Å². The summed E-state index contributed by atoms with van der Waals surface area (Å²) in [6.07, 6.45) is 3.23. The van der Waals surface area contributed by atoms with Crippen molar-refractivity contribution >= 4 is 22.6 Å². The normalized spacial score (nSPS) is 13.0. The Morgan fingerprint density at radius 2 is 2.24 bits per heavy atom. The lowest BCUT2D eigenvalue weighted by Gasteiger charge is -2.03. The SMILES string of the molecule is Cc1c(Cc2ccc3c(c2)OCO3)sc2ncc(C=O)n12. The van der Waals surface area contributed by atoms with Crippen LogP contribution in [-0.2, 0) is 6.42 Å². The topological polar surface area (TPSA) is 52.8 Å². The minimum Gasteiger partial charge on any atom is -0.454 e. The van der Waals surface area contributed by atoms with Crippen LogP contribution in [0.1, 0.15) is 26.6 Å². The van der Waals surface area contributed by atoms with Crippen LogP contribution in [0.15, 0.2) is 24.4 Å². The first kappa shape index (κ1) is 12.4. The summed E-state index contributed by atoms with van der Waals surface area (Å²) < 4.78 is 12.6. The number of thiazole rings is 1. The number of aromatic nitrogens is 2. The maximum Gasteiger partial charge on any atom is 0.231 e. The first-order valence-electron chi connectivity index (χ1n) is 6.55. The van der Waals surface area contributed by atoms with Gasteiger partial charge in [-0.05, 0) is 24.6 Å². The molecular weight excluding hydrogens is 288 g/mol. The molecular formula is C15H12N2O3S. The molecule has 0 amide bonds. The Hall–Kier alpha value is -2.34. The highest BCUT2D eigenvalue weighted by atomic mass is 32.1. The smallest absolute Gasteiger partial charge is 0.231 e. The number of fused-ring (bicyclic) bond motifs is 2. The fourth-order valence-corrected chi connectivity index (χ4v) is 3.69. The van der Waals surface area contributed by atoms with Crippen LogP contribution in [0, 0.1) is 6.92 Å². The molecule has 1 aliphatic heterocycles. The lowest BCUT2D eigenvalue weighted by molar-refractivity contribution is 0.111. The van der Waals surface area contributed by atoms with Gasteiger partial charge < -0.3 is 9.47 Å². The molecule has 0 N–H and O–H groups in total. The van der Waals surface area contributed by atoms with Crippen LogP contribution in [0.3, 0.4) is 0 Å². The van der Waals surface area contributed by atoms with E-state index in [4.69, 9.17) is 9.47 Å². The van der Waals surface area contributed by atoms with Gasteiger partial charge in [-0.2, -0.15) is 0 Å². The summed E-state index contributed by atoms with van der Waals surface area (Å²) in [5, 5.41) is 0. The van der Waals surface area contributed by atoms with Gasteiger partial charge in [-0.15, -0.1) is 11.3 Å². The molecule has 0 aliphatic carbocycles. The second-order valence-corrected chi connectivity index (χ2v) is 5.96. The number of hydrogen-bond donors (Lipinski definition) is 0. The van der Waals surface area contributed by atoms with E-state index in [0.717, 1.165) is 40.4 Å². The molecule has 0 radical (unpaired) electrons. The Morgan fingerprint density at radius 1 is 1.38 bits per heavy atom. The van der Waals surface area contributed by atoms with Crippen molar-refractivity contribution in [2.45, 2.75) is 13.3 Å². The number of ether oxygens (including phenoxy) is 2. The van der Waals surface area contributed by atoms with E-state index >= 15 is 0 Å². The quantitative estimate of drug-likeness (QED) is 0.698. The molecule has 0 saturated carbocycles. The van der Waals surface area contributed by atoms with Crippen molar-refractivity contribution < 1.29 is 14.3 Å². The molecule has 1 aromatic carbocycles. The molecule has 3 aromatic rings. The van der Waals surface area contributed by atoms with Gasteiger partial charge in [-0.3, -0.25) is 9.20 Å². The number of imidazole rings is 1. The molecule has 0 fully saturated rings. The number of benzene rings is 1. The molecule has 3 heterocycles. The average Bonchev–Trinajstić information content (AvgIpc) is 3.16. The molecule has 0 unspecified atom stereocenters. The summed E-state index contributed by atoms with van der Waals surface area (Å²) in [6, 6.07) is 5.98. The van der Waals surface area contributed by atoms with Crippen molar-refractivity contribution in [3.8, 4) is 11.5 Å². The minimum atomic E-state index is 0.285. The fraction of sp³-hybridized carbons (Fsp3) is 0.200. The van der Waals surface area contributed by atoms with Gasteiger partial charge in [0.25, 0.3) is 0 Å². The van der Waals surface area contributed by atoms with E-state index in [1.54, 1.807) is 17.5 Å². The molecule has 0 atom stereocenters. The Labute approximate surface area is 124 Å². The summed E-state index contributed by atoms with van der Waals surface area (Å²) in [5.41, 5.74) is 2.81. The van der Waals surface area contributed by atoms with Crippen LogP contribution in [0.2, 0.25) is 0 Å². The third kappa shape index (κ3) is 1.91. The maximum atomic E-state index is 11.0. The van der Waals surface area contributed by atoms with Crippen LogP contribution < -0.4 is 9.47 Å². The summed E-state index contributed by atoms with van der Waals surface area (Å²) >= 11 is 1.61. The van der Waals surface area contributed by atoms with Crippen molar-refractivity contribution in [3.63, 3.8) is 0 Å². The van der Waals surface area contributed by atoms with Crippen molar-refractivity contribution in [1.29, 1.82) is 0 Å². The molecule has 21 heavy (non-hydrogen) atoms. The summed E-state index contributed by atoms with van der Waals surface area (Å²) in [4.78, 5) is 17.4. The Kier molecular flexibility index (Phi) is 2.71. The zero-order valence-electron chi connectivity index (χ0n) is 11.3. The van der Waals surface area contributed by atoms with Gasteiger partial charge in [0.1, 0.15) is 5.69 Å². The summed E-state index contributed by atoms with van der Waals surface area (Å²) in [6.45, 7) is 2.30. The van der Waals surface area contributed by atoms with Crippen molar-refractivity contribution in [2.24, 2.45) is 0 Å². The number of aldehydes is 1. The van der Waals surface area contributed by atoms with Crippen molar-refractivity contribution in [3.05, 3.63) is 46.2 Å². The van der Waals surface area contributed by atoms with Gasteiger partial charge in [0.2, 0.25) is 6.79 Å². The molecule has 2 aromatic heterocycles. The third-order valence-electron chi connectivity index (χ3n) is 3.63. The Bertz CT molecular complexity index is 850. The van der Waals surface area contributed by atoms with Crippen molar-refractivity contribution in [2.75, 3.05) is 6.79 Å². The summed E-state index contributed by atoms with van der Waals surface area (Å²) in [7, 11) is 0. The van der Waals surface area contributed by atoms with E-state index in [9.17, 15) is 4.79 Å². The van der Waals surface area contributed by atoms with E-state index in [2.05, 4.69) is 4.98 Å². The fourth-order valence-electron chi connectivity index (χ4n) is 2.55. The number of hydrogen-bond acceptors (Lipinski definition) is 5. The lowest BCUT2D eigenvalue weighted by Crippen LogP contribution is -1.94. The monoisotopic (exact) mass is 300 g/mol. The molecule has 4 rings (SSSR count). The van der Waals surface area contributed by atoms with Gasteiger partial charge in [-0.25, -0.2) is 4.98 Å². The number of rotatable bonds is 3. The lowest BCUT2D eigenvalue weighted by atomic mass is 10.1. The van der Waals surface area contributed by atoms with E-state index in [1.165, 1.54) is 4.88 Å². The van der Waals surface area contributed by atoms with E-state index < -0.39 is 0 Å². The third-order valence-corrected chi connectivity index (χ3v) is 4.79. The second kappa shape index (κ2) is 4.60. The number of aryl methyl sites for hydroxylation is 1. The number of carbonyl (C=O) groups is 1. The van der Waals surface area contributed by atoms with Gasteiger partial charge in [0.05, 0.1) is 6.20 Å². The number of carbonyl (C=O) groups excluding carboxylic acids is 1. The van der Waals surface area contributed by atoms with E-state index in [1.807, 2.05) is 29.5 Å². The molecule has 0 spiro atoms. The maximum absolute atomic E-state index is 11.0.